The fraction of sp³-hybridized carbons (Fsp3) is 0.200. The standard InChI is InChI=1S/C25H23F3N2O2/c1-3-30(4-2)24(32)18-11-15-20(16-12-18)29-23(31)22-8-6-5-7-21(22)17-9-13-19(14-10-17)25(26,27)28/h5-16H,3-4H2,1-2H3,(H,29,31). The Morgan fingerprint density at radius 1 is 0.844 bits per heavy atom. The summed E-state index contributed by atoms with van der Waals surface area (Å²) in [5.74, 6) is -0.483. The molecule has 3 rings (SSSR count). The van der Waals surface area contributed by atoms with Gasteiger partial charge in [-0.15, -0.1) is 0 Å². The molecule has 166 valence electrons. The molecule has 0 aliphatic rings. The molecule has 0 fully saturated rings. The Hall–Kier alpha value is -3.61. The number of rotatable bonds is 6. The summed E-state index contributed by atoms with van der Waals surface area (Å²) in [7, 11) is 0. The zero-order valence-electron chi connectivity index (χ0n) is 17.7. The van der Waals surface area contributed by atoms with Crippen LogP contribution in [0.15, 0.2) is 72.8 Å². The Labute approximate surface area is 184 Å². The van der Waals surface area contributed by atoms with Gasteiger partial charge in [-0.3, -0.25) is 9.59 Å². The van der Waals surface area contributed by atoms with Crippen LogP contribution in [-0.2, 0) is 6.18 Å². The summed E-state index contributed by atoms with van der Waals surface area (Å²) in [6.07, 6.45) is -4.42. The SMILES string of the molecule is CCN(CC)C(=O)c1ccc(NC(=O)c2ccccc2-c2ccc(C(F)(F)F)cc2)cc1. The summed E-state index contributed by atoms with van der Waals surface area (Å²) in [5, 5.41) is 2.78. The molecule has 0 spiro atoms. The minimum Gasteiger partial charge on any atom is -0.339 e. The first kappa shape index (κ1) is 23.1. The number of carbonyl (C=O) groups is 2. The van der Waals surface area contributed by atoms with Gasteiger partial charge >= 0.3 is 6.18 Å². The van der Waals surface area contributed by atoms with Gasteiger partial charge in [0.15, 0.2) is 0 Å². The smallest absolute Gasteiger partial charge is 0.339 e. The first-order valence-electron chi connectivity index (χ1n) is 10.2. The van der Waals surface area contributed by atoms with E-state index in [1.807, 2.05) is 13.8 Å². The maximum Gasteiger partial charge on any atom is 0.416 e. The Morgan fingerprint density at radius 2 is 1.44 bits per heavy atom. The zero-order chi connectivity index (χ0) is 23.3. The molecule has 2 amide bonds. The maximum absolute atomic E-state index is 12.9. The van der Waals surface area contributed by atoms with Crippen LogP contribution in [0.3, 0.4) is 0 Å². The average molecular weight is 440 g/mol. The first-order chi connectivity index (χ1) is 15.2. The number of anilines is 1. The molecular formula is C25H23F3N2O2. The van der Waals surface area contributed by atoms with Crippen LogP contribution in [-0.4, -0.2) is 29.8 Å². The molecule has 0 saturated carbocycles. The third-order valence-electron chi connectivity index (χ3n) is 5.14. The van der Waals surface area contributed by atoms with Crippen LogP contribution in [0.1, 0.15) is 40.1 Å². The fourth-order valence-corrected chi connectivity index (χ4v) is 3.36. The highest BCUT2D eigenvalue weighted by molar-refractivity contribution is 6.09. The number of benzene rings is 3. The largest absolute Gasteiger partial charge is 0.416 e. The molecule has 0 aliphatic heterocycles. The van der Waals surface area contributed by atoms with Crippen molar-refractivity contribution >= 4 is 17.5 Å². The summed E-state index contributed by atoms with van der Waals surface area (Å²) >= 11 is 0. The molecule has 0 aromatic heterocycles. The number of hydrogen-bond acceptors (Lipinski definition) is 2. The molecule has 3 aromatic carbocycles. The minimum absolute atomic E-state index is 0.0828. The third-order valence-corrected chi connectivity index (χ3v) is 5.14. The van der Waals surface area contributed by atoms with E-state index in [9.17, 15) is 22.8 Å². The molecule has 0 aliphatic carbocycles. The number of halogens is 3. The highest BCUT2D eigenvalue weighted by atomic mass is 19.4. The van der Waals surface area contributed by atoms with E-state index < -0.39 is 17.6 Å². The summed E-state index contributed by atoms with van der Waals surface area (Å²) in [5.41, 5.74) is 1.64. The lowest BCUT2D eigenvalue weighted by Gasteiger charge is -2.18. The van der Waals surface area contributed by atoms with Crippen molar-refractivity contribution in [1.29, 1.82) is 0 Å². The Morgan fingerprint density at radius 3 is 2.00 bits per heavy atom. The molecule has 0 heterocycles. The van der Waals surface area contributed by atoms with Crippen LogP contribution in [0.2, 0.25) is 0 Å². The number of hydrogen-bond donors (Lipinski definition) is 1. The van der Waals surface area contributed by atoms with Crippen LogP contribution < -0.4 is 5.32 Å². The second-order valence-corrected chi connectivity index (χ2v) is 7.13. The Bertz CT molecular complexity index is 1090. The van der Waals surface area contributed by atoms with Crippen molar-refractivity contribution in [3.05, 3.63) is 89.5 Å². The Kier molecular flexibility index (Phi) is 6.98. The van der Waals surface area contributed by atoms with Crippen molar-refractivity contribution in [3.8, 4) is 11.1 Å². The molecule has 7 heteroatoms. The molecule has 0 atom stereocenters. The zero-order valence-corrected chi connectivity index (χ0v) is 17.7. The predicted octanol–water partition coefficient (Wildman–Crippen LogP) is 6.11. The van der Waals surface area contributed by atoms with E-state index in [0.29, 0.717) is 41.0 Å². The minimum atomic E-state index is -4.42. The van der Waals surface area contributed by atoms with Crippen molar-refractivity contribution in [2.75, 3.05) is 18.4 Å². The molecular weight excluding hydrogens is 417 g/mol. The van der Waals surface area contributed by atoms with Crippen LogP contribution in [0, 0.1) is 0 Å². The molecule has 0 saturated heterocycles. The van der Waals surface area contributed by atoms with E-state index in [2.05, 4.69) is 5.32 Å². The molecule has 3 aromatic rings. The van der Waals surface area contributed by atoms with Crippen molar-refractivity contribution in [2.45, 2.75) is 20.0 Å². The van der Waals surface area contributed by atoms with Gasteiger partial charge in [0.25, 0.3) is 11.8 Å². The quantitative estimate of drug-likeness (QED) is 0.503. The number of nitrogens with one attached hydrogen (secondary N) is 1. The second kappa shape index (κ2) is 9.68. The highest BCUT2D eigenvalue weighted by Crippen LogP contribution is 2.32. The van der Waals surface area contributed by atoms with Crippen LogP contribution >= 0.6 is 0 Å². The lowest BCUT2D eigenvalue weighted by atomic mass is 9.98. The molecule has 0 bridgehead atoms. The highest BCUT2D eigenvalue weighted by Gasteiger charge is 2.30. The van der Waals surface area contributed by atoms with Gasteiger partial charge in [-0.2, -0.15) is 13.2 Å². The van der Waals surface area contributed by atoms with Gasteiger partial charge < -0.3 is 10.2 Å². The van der Waals surface area contributed by atoms with Gasteiger partial charge in [-0.1, -0.05) is 30.3 Å². The van der Waals surface area contributed by atoms with Crippen molar-refractivity contribution in [2.24, 2.45) is 0 Å². The lowest BCUT2D eigenvalue weighted by Crippen LogP contribution is -2.30. The first-order valence-corrected chi connectivity index (χ1v) is 10.2. The molecule has 0 radical (unpaired) electrons. The summed E-state index contributed by atoms with van der Waals surface area (Å²) < 4.78 is 38.5. The van der Waals surface area contributed by atoms with Gasteiger partial charge in [-0.25, -0.2) is 0 Å². The average Bonchev–Trinajstić information content (AvgIpc) is 2.80. The van der Waals surface area contributed by atoms with Gasteiger partial charge in [0, 0.05) is 29.9 Å². The molecule has 1 N–H and O–H groups in total. The van der Waals surface area contributed by atoms with Crippen LogP contribution in [0.5, 0.6) is 0 Å². The summed E-state index contributed by atoms with van der Waals surface area (Å²) in [6, 6.07) is 18.0. The van der Waals surface area contributed by atoms with E-state index in [-0.39, 0.29) is 5.91 Å². The number of carbonyl (C=O) groups excluding carboxylic acids is 2. The monoisotopic (exact) mass is 440 g/mol. The fourth-order valence-electron chi connectivity index (χ4n) is 3.36. The maximum atomic E-state index is 12.9. The van der Waals surface area contributed by atoms with Gasteiger partial charge in [0.05, 0.1) is 5.56 Å². The summed E-state index contributed by atoms with van der Waals surface area (Å²) in [4.78, 5) is 27.0. The van der Waals surface area contributed by atoms with E-state index in [0.717, 1.165) is 12.1 Å². The third kappa shape index (κ3) is 5.17. The Balaban J connectivity index is 1.80. The molecule has 32 heavy (non-hydrogen) atoms. The van der Waals surface area contributed by atoms with Crippen molar-refractivity contribution in [1.82, 2.24) is 4.90 Å². The van der Waals surface area contributed by atoms with Gasteiger partial charge in [0.2, 0.25) is 0 Å². The lowest BCUT2D eigenvalue weighted by molar-refractivity contribution is -0.137. The van der Waals surface area contributed by atoms with E-state index in [1.165, 1.54) is 12.1 Å². The second-order valence-electron chi connectivity index (χ2n) is 7.13. The van der Waals surface area contributed by atoms with Crippen LogP contribution in [0.25, 0.3) is 11.1 Å². The predicted molar refractivity (Wildman–Crippen MR) is 119 cm³/mol. The van der Waals surface area contributed by atoms with Crippen LogP contribution in [0.4, 0.5) is 18.9 Å². The molecule has 4 nitrogen and oxygen atoms in total. The normalized spacial score (nSPS) is 11.2. The van der Waals surface area contributed by atoms with Gasteiger partial charge in [0.1, 0.15) is 0 Å². The van der Waals surface area contributed by atoms with Crippen molar-refractivity contribution < 1.29 is 22.8 Å². The van der Waals surface area contributed by atoms with E-state index in [1.54, 1.807) is 53.4 Å². The molecule has 0 unspecified atom stereocenters. The topological polar surface area (TPSA) is 49.4 Å². The number of alkyl halides is 3. The number of nitrogens with zero attached hydrogens (tertiary/aromatic N) is 1. The van der Waals surface area contributed by atoms with E-state index >= 15 is 0 Å². The van der Waals surface area contributed by atoms with E-state index in [4.69, 9.17) is 0 Å². The summed E-state index contributed by atoms with van der Waals surface area (Å²) in [6.45, 7) is 5.03. The van der Waals surface area contributed by atoms with Gasteiger partial charge in [-0.05, 0) is 67.4 Å². The van der Waals surface area contributed by atoms with Crippen molar-refractivity contribution in [3.63, 3.8) is 0 Å². The number of amides is 2.